The minimum absolute atomic E-state index is 0.127. The number of carbonyl (C=O) groups is 3. The van der Waals surface area contributed by atoms with Gasteiger partial charge in [-0.25, -0.2) is 4.57 Å². The van der Waals surface area contributed by atoms with Gasteiger partial charge in [-0.2, -0.15) is 0 Å². The van der Waals surface area contributed by atoms with Crippen molar-refractivity contribution in [1.29, 1.82) is 0 Å². The third-order valence-corrected chi connectivity index (χ3v) is 12.0. The molecular weight excluding hydrogens is 904 g/mol. The van der Waals surface area contributed by atoms with Crippen LogP contribution in [0.1, 0.15) is 213 Å². The van der Waals surface area contributed by atoms with E-state index in [1.165, 1.54) is 44.9 Å². The molecule has 11 nitrogen and oxygen atoms in total. The van der Waals surface area contributed by atoms with Gasteiger partial charge in [-0.1, -0.05) is 195 Å². The van der Waals surface area contributed by atoms with E-state index < -0.39 is 57.8 Å². The Bertz CT molecular complexity index is 1540. The quantitative estimate of drug-likeness (QED) is 0.0197. The Hall–Kier alpha value is -3.60. The second-order valence-electron chi connectivity index (χ2n) is 17.6. The van der Waals surface area contributed by atoms with Crippen molar-refractivity contribution in [2.45, 2.75) is 226 Å². The molecule has 400 valence electrons. The molecule has 70 heavy (non-hydrogen) atoms. The molecule has 0 bridgehead atoms. The first-order valence-electron chi connectivity index (χ1n) is 27.1. The Morgan fingerprint density at radius 2 is 0.743 bits per heavy atom. The standard InChI is InChI=1S/C58H97O11P/c1-4-7-10-13-16-19-22-24-26-27-29-31-34-37-40-43-46-49-58(62)69-55(51-65-56(60)47-44-41-38-35-33-30-28-25-23-20-17-14-11-8-5-2)53-67-70(63,64)66-52-54(50-59)68-57(61)48-45-42-39-36-32-21-18-15-12-9-6-3/h7-8,10-11,16-17,19-20,24-26,28-29,31,33,35,54-55,59H,4-6,9,12-15,18,21-23,27,30,32,34,36-53H2,1-3H3,(H,63,64)/b10-7-,11-8-,19-16-,20-17-,26-24-,28-25-,31-29-,35-33-. The number of ether oxygens (including phenoxy) is 3. The van der Waals surface area contributed by atoms with Crippen LogP contribution in [0, 0.1) is 0 Å². The Balaban J connectivity index is 4.86. The molecule has 2 N–H and O–H groups in total. The number of carbonyl (C=O) groups excluding carboxylic acids is 3. The maximum atomic E-state index is 12.9. The zero-order valence-corrected chi connectivity index (χ0v) is 44.8. The highest BCUT2D eigenvalue weighted by Gasteiger charge is 2.28. The molecule has 0 aliphatic heterocycles. The number of phosphoric acid groups is 1. The average molecular weight is 1000 g/mol. The largest absolute Gasteiger partial charge is 0.472 e. The van der Waals surface area contributed by atoms with Crippen LogP contribution in [0.2, 0.25) is 0 Å². The van der Waals surface area contributed by atoms with Crippen LogP contribution < -0.4 is 0 Å². The second-order valence-corrected chi connectivity index (χ2v) is 19.1. The molecule has 0 amide bonds. The average Bonchev–Trinajstić information content (AvgIpc) is 3.35. The lowest BCUT2D eigenvalue weighted by Crippen LogP contribution is -2.30. The van der Waals surface area contributed by atoms with Crippen molar-refractivity contribution in [3.63, 3.8) is 0 Å². The van der Waals surface area contributed by atoms with E-state index >= 15 is 0 Å². The minimum atomic E-state index is -4.76. The third-order valence-electron chi connectivity index (χ3n) is 11.0. The number of aliphatic hydroxyl groups is 1. The van der Waals surface area contributed by atoms with Crippen molar-refractivity contribution in [1.82, 2.24) is 0 Å². The highest BCUT2D eigenvalue weighted by molar-refractivity contribution is 7.47. The molecule has 0 aromatic rings. The first-order valence-corrected chi connectivity index (χ1v) is 28.6. The van der Waals surface area contributed by atoms with Crippen molar-refractivity contribution in [2.75, 3.05) is 26.4 Å². The lowest BCUT2D eigenvalue weighted by atomic mass is 10.1. The summed E-state index contributed by atoms with van der Waals surface area (Å²) in [4.78, 5) is 48.4. The molecule has 0 aromatic heterocycles. The van der Waals surface area contributed by atoms with Crippen molar-refractivity contribution < 1.29 is 52.2 Å². The normalized spacial score (nSPS) is 14.2. The van der Waals surface area contributed by atoms with Gasteiger partial charge in [0.05, 0.1) is 19.8 Å². The van der Waals surface area contributed by atoms with E-state index in [-0.39, 0.29) is 25.9 Å². The number of hydrogen-bond acceptors (Lipinski definition) is 10. The SMILES string of the molecule is CC/C=C\C/C=C\C/C=C\C/C=C\CCCCCCC(=O)OC(COC(=O)CCCC/C=C\C/C=C\C/C=C\C/C=C\CC)COP(=O)(O)OCC(CO)OC(=O)CCCCCCCCCCCCC. The van der Waals surface area contributed by atoms with E-state index in [1.54, 1.807) is 0 Å². The Labute approximate surface area is 425 Å². The molecule has 0 saturated carbocycles. The first-order chi connectivity index (χ1) is 34.2. The molecule has 0 aromatic carbocycles. The number of unbranched alkanes of at least 4 members (excludes halogenated alkanes) is 16. The first kappa shape index (κ1) is 66.4. The maximum Gasteiger partial charge on any atom is 0.472 e. The number of allylic oxidation sites excluding steroid dienone is 16. The fourth-order valence-electron chi connectivity index (χ4n) is 6.93. The molecule has 0 spiro atoms. The van der Waals surface area contributed by atoms with Gasteiger partial charge in [0.1, 0.15) is 12.7 Å². The van der Waals surface area contributed by atoms with E-state index in [4.69, 9.17) is 23.3 Å². The van der Waals surface area contributed by atoms with Gasteiger partial charge in [-0.05, 0) is 96.3 Å². The van der Waals surface area contributed by atoms with Gasteiger partial charge in [0, 0.05) is 19.3 Å². The molecule has 0 rings (SSSR count). The van der Waals surface area contributed by atoms with Crippen LogP contribution in [-0.4, -0.2) is 66.5 Å². The van der Waals surface area contributed by atoms with Crippen LogP contribution in [0.25, 0.3) is 0 Å². The number of rotatable bonds is 49. The van der Waals surface area contributed by atoms with Crippen molar-refractivity contribution >= 4 is 25.7 Å². The zero-order valence-electron chi connectivity index (χ0n) is 43.9. The van der Waals surface area contributed by atoms with Crippen LogP contribution in [0.3, 0.4) is 0 Å². The van der Waals surface area contributed by atoms with Gasteiger partial charge in [0.15, 0.2) is 6.10 Å². The van der Waals surface area contributed by atoms with E-state index in [9.17, 15) is 28.9 Å². The lowest BCUT2D eigenvalue weighted by Gasteiger charge is -2.21. The predicted molar refractivity (Wildman–Crippen MR) is 288 cm³/mol. The smallest absolute Gasteiger partial charge is 0.462 e. The number of hydrogen-bond donors (Lipinski definition) is 2. The highest BCUT2D eigenvalue weighted by atomic mass is 31.2. The summed E-state index contributed by atoms with van der Waals surface area (Å²) in [5.41, 5.74) is 0. The summed E-state index contributed by atoms with van der Waals surface area (Å²) in [5.74, 6) is -1.55. The molecule has 0 aliphatic rings. The van der Waals surface area contributed by atoms with E-state index in [0.29, 0.717) is 19.3 Å². The van der Waals surface area contributed by atoms with Crippen LogP contribution in [0.5, 0.6) is 0 Å². The topological polar surface area (TPSA) is 155 Å². The molecule has 0 radical (unpaired) electrons. The summed E-state index contributed by atoms with van der Waals surface area (Å²) in [5, 5.41) is 9.78. The maximum absolute atomic E-state index is 12.9. The molecule has 0 fully saturated rings. The van der Waals surface area contributed by atoms with Gasteiger partial charge in [0.2, 0.25) is 0 Å². The van der Waals surface area contributed by atoms with Crippen molar-refractivity contribution in [3.8, 4) is 0 Å². The molecule has 0 heterocycles. The Kier molecular flexibility index (Phi) is 49.1. The van der Waals surface area contributed by atoms with Crippen molar-refractivity contribution in [2.24, 2.45) is 0 Å². The molecule has 0 saturated heterocycles. The zero-order chi connectivity index (χ0) is 51.3. The fourth-order valence-corrected chi connectivity index (χ4v) is 7.71. The number of aliphatic hydroxyl groups excluding tert-OH is 1. The third kappa shape index (κ3) is 49.4. The molecular formula is C58H97O11P. The highest BCUT2D eigenvalue weighted by Crippen LogP contribution is 2.43. The van der Waals surface area contributed by atoms with Crippen LogP contribution in [0.15, 0.2) is 97.2 Å². The lowest BCUT2D eigenvalue weighted by molar-refractivity contribution is -0.161. The summed E-state index contributed by atoms with van der Waals surface area (Å²) in [6.07, 6.45) is 59.5. The van der Waals surface area contributed by atoms with Gasteiger partial charge in [0.25, 0.3) is 0 Å². The number of esters is 3. The van der Waals surface area contributed by atoms with Crippen LogP contribution >= 0.6 is 7.82 Å². The summed E-state index contributed by atoms with van der Waals surface area (Å²) >= 11 is 0. The fraction of sp³-hybridized carbons (Fsp3) is 0.672. The van der Waals surface area contributed by atoms with Gasteiger partial charge in [-0.3, -0.25) is 23.4 Å². The van der Waals surface area contributed by atoms with E-state index in [1.807, 2.05) is 0 Å². The van der Waals surface area contributed by atoms with E-state index in [2.05, 4.69) is 118 Å². The monoisotopic (exact) mass is 1000 g/mol. The van der Waals surface area contributed by atoms with E-state index in [0.717, 1.165) is 109 Å². The van der Waals surface area contributed by atoms with Crippen molar-refractivity contribution in [3.05, 3.63) is 97.2 Å². The van der Waals surface area contributed by atoms with Crippen LogP contribution in [-0.2, 0) is 42.2 Å². The molecule has 12 heteroatoms. The predicted octanol–water partition coefficient (Wildman–Crippen LogP) is 15.7. The van der Waals surface area contributed by atoms with Crippen LogP contribution in [0.4, 0.5) is 0 Å². The Morgan fingerprint density at radius 1 is 0.414 bits per heavy atom. The summed E-state index contributed by atoms with van der Waals surface area (Å²) < 4.78 is 39.3. The Morgan fingerprint density at radius 3 is 1.17 bits per heavy atom. The summed E-state index contributed by atoms with van der Waals surface area (Å²) in [7, 11) is -4.76. The molecule has 0 aliphatic carbocycles. The molecule has 3 atom stereocenters. The molecule has 3 unspecified atom stereocenters. The summed E-state index contributed by atoms with van der Waals surface area (Å²) in [6.45, 7) is 4.31. The van der Waals surface area contributed by atoms with Gasteiger partial charge >= 0.3 is 25.7 Å². The number of phosphoric ester groups is 1. The second kappa shape index (κ2) is 51.7. The minimum Gasteiger partial charge on any atom is -0.462 e. The summed E-state index contributed by atoms with van der Waals surface area (Å²) in [6, 6.07) is 0. The van der Waals surface area contributed by atoms with Gasteiger partial charge in [-0.15, -0.1) is 0 Å². The van der Waals surface area contributed by atoms with Gasteiger partial charge < -0.3 is 24.2 Å².